The van der Waals surface area contributed by atoms with Gasteiger partial charge in [0.1, 0.15) is 0 Å². The molecule has 0 bridgehead atoms. The van der Waals surface area contributed by atoms with Crippen LogP contribution in [0.25, 0.3) is 0 Å². The van der Waals surface area contributed by atoms with E-state index in [1.807, 2.05) is 31.2 Å². The number of carboxylic acids is 1. The summed E-state index contributed by atoms with van der Waals surface area (Å²) in [6.45, 7) is 2.03. The van der Waals surface area contributed by atoms with Crippen LogP contribution in [0.15, 0.2) is 24.3 Å². The van der Waals surface area contributed by atoms with Gasteiger partial charge in [0.05, 0.1) is 12.0 Å². The van der Waals surface area contributed by atoms with Crippen molar-refractivity contribution in [2.24, 2.45) is 11.7 Å². The second-order valence-electron chi connectivity index (χ2n) is 4.83. The minimum Gasteiger partial charge on any atom is -0.481 e. The van der Waals surface area contributed by atoms with Crippen LogP contribution < -0.4 is 10.6 Å². The van der Waals surface area contributed by atoms with E-state index in [2.05, 4.69) is 0 Å². The quantitative estimate of drug-likeness (QED) is 0.851. The second kappa shape index (κ2) is 5.40. The summed E-state index contributed by atoms with van der Waals surface area (Å²) in [5.41, 5.74) is 7.46. The summed E-state index contributed by atoms with van der Waals surface area (Å²) in [5.74, 6) is -1.65. The molecule has 1 aromatic carbocycles. The molecule has 1 aliphatic rings. The van der Waals surface area contributed by atoms with Gasteiger partial charge in [-0.2, -0.15) is 0 Å². The first-order chi connectivity index (χ1) is 9.04. The number of hydrogen-bond acceptors (Lipinski definition) is 3. The molecule has 0 radical (unpaired) electrons. The van der Waals surface area contributed by atoms with E-state index in [0.717, 1.165) is 11.3 Å². The Labute approximate surface area is 112 Å². The molecule has 1 heterocycles. The molecule has 3 N–H and O–H groups in total. The molecule has 0 spiro atoms. The molecule has 1 amide bonds. The van der Waals surface area contributed by atoms with Crippen molar-refractivity contribution in [3.63, 3.8) is 0 Å². The first-order valence-corrected chi connectivity index (χ1v) is 6.42. The van der Waals surface area contributed by atoms with E-state index < -0.39 is 17.9 Å². The lowest BCUT2D eigenvalue weighted by Crippen LogP contribution is -2.49. The lowest BCUT2D eigenvalue weighted by atomic mass is 9.92. The number of carbonyl (C=O) groups excluding carboxylic acids is 1. The van der Waals surface area contributed by atoms with Gasteiger partial charge in [-0.15, -0.1) is 0 Å². The van der Waals surface area contributed by atoms with Crippen LogP contribution in [0, 0.1) is 5.92 Å². The van der Waals surface area contributed by atoms with Gasteiger partial charge in [-0.1, -0.05) is 25.1 Å². The molecule has 0 fully saturated rings. The summed E-state index contributed by atoms with van der Waals surface area (Å²) < 4.78 is 0. The highest BCUT2D eigenvalue weighted by Gasteiger charge is 2.33. The summed E-state index contributed by atoms with van der Waals surface area (Å²) in [4.78, 5) is 25.0. The van der Waals surface area contributed by atoms with Crippen LogP contribution in [-0.4, -0.2) is 29.6 Å². The zero-order valence-corrected chi connectivity index (χ0v) is 10.9. The molecular weight excluding hydrogens is 244 g/mol. The first kappa shape index (κ1) is 13.5. The summed E-state index contributed by atoms with van der Waals surface area (Å²) >= 11 is 0. The van der Waals surface area contributed by atoms with Gasteiger partial charge in [0.25, 0.3) is 0 Å². The number of rotatable bonds is 3. The Morgan fingerprint density at radius 3 is 2.79 bits per heavy atom. The highest BCUT2D eigenvalue weighted by molar-refractivity contribution is 5.99. The van der Waals surface area contributed by atoms with Gasteiger partial charge in [0.2, 0.25) is 5.91 Å². The number of anilines is 1. The van der Waals surface area contributed by atoms with Crippen molar-refractivity contribution < 1.29 is 14.7 Å². The molecule has 0 saturated heterocycles. The normalized spacial score (nSPS) is 19.7. The first-order valence-electron chi connectivity index (χ1n) is 6.42. The van der Waals surface area contributed by atoms with Gasteiger partial charge < -0.3 is 15.7 Å². The summed E-state index contributed by atoms with van der Waals surface area (Å²) in [6.07, 6.45) is 0.992. The number of carboxylic acid groups (broad SMARTS) is 1. The molecule has 102 valence electrons. The number of para-hydroxylation sites is 1. The molecule has 5 heteroatoms. The highest BCUT2D eigenvalue weighted by Crippen LogP contribution is 2.30. The van der Waals surface area contributed by atoms with E-state index in [9.17, 15) is 14.7 Å². The van der Waals surface area contributed by atoms with E-state index in [0.29, 0.717) is 12.8 Å². The molecular formula is C14H18N2O3. The van der Waals surface area contributed by atoms with Crippen molar-refractivity contribution in [1.82, 2.24) is 0 Å². The third-order valence-electron chi connectivity index (χ3n) is 3.52. The average Bonchev–Trinajstić information content (AvgIpc) is 2.44. The average molecular weight is 262 g/mol. The molecule has 1 aliphatic heterocycles. The number of benzene rings is 1. The fraction of sp³-hybridized carbons (Fsp3) is 0.429. The van der Waals surface area contributed by atoms with Crippen molar-refractivity contribution in [1.29, 1.82) is 0 Å². The van der Waals surface area contributed by atoms with Crippen LogP contribution in [0.2, 0.25) is 0 Å². The fourth-order valence-corrected chi connectivity index (χ4v) is 2.34. The number of nitrogens with zero attached hydrogens (tertiary/aromatic N) is 1. The van der Waals surface area contributed by atoms with Gasteiger partial charge in [0, 0.05) is 12.2 Å². The Morgan fingerprint density at radius 2 is 2.16 bits per heavy atom. The number of hydrogen-bond donors (Lipinski definition) is 2. The Morgan fingerprint density at radius 1 is 1.47 bits per heavy atom. The number of aliphatic carboxylic acids is 1. The second-order valence-corrected chi connectivity index (χ2v) is 4.83. The van der Waals surface area contributed by atoms with E-state index >= 15 is 0 Å². The lowest BCUT2D eigenvalue weighted by molar-refractivity contribution is -0.141. The Balaban J connectivity index is 2.36. The lowest BCUT2D eigenvalue weighted by Gasteiger charge is -2.34. The standard InChI is InChI=1S/C14H18N2O3/c1-2-11(15)13(17)16-8-10(14(18)19)7-9-5-3-4-6-12(9)16/h3-6,10-11H,2,7-8,15H2,1H3,(H,18,19)/t10?,11-/m1/s1. The highest BCUT2D eigenvalue weighted by atomic mass is 16.4. The maximum atomic E-state index is 12.3. The SMILES string of the molecule is CC[C@@H](N)C(=O)N1CC(C(=O)O)Cc2ccccc21. The predicted molar refractivity (Wildman–Crippen MR) is 71.9 cm³/mol. The molecule has 1 unspecified atom stereocenters. The van der Waals surface area contributed by atoms with E-state index in [-0.39, 0.29) is 12.5 Å². The van der Waals surface area contributed by atoms with Gasteiger partial charge in [-0.05, 0) is 24.5 Å². The zero-order chi connectivity index (χ0) is 14.0. The van der Waals surface area contributed by atoms with E-state index in [1.165, 1.54) is 4.90 Å². The molecule has 2 atom stereocenters. The van der Waals surface area contributed by atoms with Crippen LogP contribution in [0.3, 0.4) is 0 Å². The van der Waals surface area contributed by atoms with Crippen molar-refractivity contribution in [3.8, 4) is 0 Å². The van der Waals surface area contributed by atoms with Crippen LogP contribution in [0.1, 0.15) is 18.9 Å². The Kier molecular flexibility index (Phi) is 3.85. The van der Waals surface area contributed by atoms with Crippen LogP contribution in [0.4, 0.5) is 5.69 Å². The molecule has 5 nitrogen and oxygen atoms in total. The Bertz CT molecular complexity index is 501. The van der Waals surface area contributed by atoms with Gasteiger partial charge >= 0.3 is 5.97 Å². The molecule has 0 saturated carbocycles. The fourth-order valence-electron chi connectivity index (χ4n) is 2.34. The predicted octanol–water partition coefficient (Wildman–Crippen LogP) is 1.01. The minimum absolute atomic E-state index is 0.193. The topological polar surface area (TPSA) is 83.6 Å². The van der Waals surface area contributed by atoms with Crippen molar-refractivity contribution in [3.05, 3.63) is 29.8 Å². The maximum Gasteiger partial charge on any atom is 0.308 e. The van der Waals surface area contributed by atoms with Gasteiger partial charge in [-0.25, -0.2) is 0 Å². The van der Waals surface area contributed by atoms with Crippen LogP contribution in [-0.2, 0) is 16.0 Å². The monoisotopic (exact) mass is 262 g/mol. The molecule has 1 aromatic rings. The summed E-state index contributed by atoms with van der Waals surface area (Å²) in [7, 11) is 0. The van der Waals surface area contributed by atoms with Gasteiger partial charge in [-0.3, -0.25) is 9.59 Å². The Hall–Kier alpha value is -1.88. The zero-order valence-electron chi connectivity index (χ0n) is 10.9. The minimum atomic E-state index is -0.877. The van der Waals surface area contributed by atoms with E-state index in [1.54, 1.807) is 0 Å². The third kappa shape index (κ3) is 2.61. The van der Waals surface area contributed by atoms with Crippen LogP contribution >= 0.6 is 0 Å². The summed E-state index contributed by atoms with van der Waals surface area (Å²) in [5, 5.41) is 9.19. The number of carbonyl (C=O) groups is 2. The maximum absolute atomic E-state index is 12.3. The van der Waals surface area contributed by atoms with E-state index in [4.69, 9.17) is 5.73 Å². The molecule has 0 aliphatic carbocycles. The van der Waals surface area contributed by atoms with Crippen molar-refractivity contribution >= 4 is 17.6 Å². The van der Waals surface area contributed by atoms with Gasteiger partial charge in [0.15, 0.2) is 0 Å². The largest absolute Gasteiger partial charge is 0.481 e. The van der Waals surface area contributed by atoms with Crippen molar-refractivity contribution in [2.45, 2.75) is 25.8 Å². The molecule has 19 heavy (non-hydrogen) atoms. The number of fused-ring (bicyclic) bond motifs is 1. The summed E-state index contributed by atoms with van der Waals surface area (Å²) in [6, 6.07) is 6.82. The number of nitrogens with two attached hydrogens (primary N) is 1. The third-order valence-corrected chi connectivity index (χ3v) is 3.52. The smallest absolute Gasteiger partial charge is 0.308 e. The number of amides is 1. The molecule has 2 rings (SSSR count). The van der Waals surface area contributed by atoms with Crippen molar-refractivity contribution in [2.75, 3.05) is 11.4 Å². The molecule has 0 aromatic heterocycles. The van der Waals surface area contributed by atoms with Crippen LogP contribution in [0.5, 0.6) is 0 Å².